The number of rotatable bonds is 4. The Morgan fingerprint density at radius 3 is 2.65 bits per heavy atom. The Bertz CT molecular complexity index is 278. The predicted octanol–water partition coefficient (Wildman–Crippen LogP) is 2.14. The molecule has 1 rings (SSSR count). The molecule has 1 heterocycles. The van der Waals surface area contributed by atoms with Crippen LogP contribution < -0.4 is 0 Å². The molecular weight excluding hydrogens is 218 g/mol. The molecule has 0 aromatic carbocycles. The summed E-state index contributed by atoms with van der Waals surface area (Å²) in [6.45, 7) is 5.72. The first-order chi connectivity index (χ1) is 7.99. The molecule has 17 heavy (non-hydrogen) atoms. The number of carbonyl (C=O) groups excluding carboxylic acids is 1. The first-order valence-electron chi connectivity index (χ1n) is 6.48. The molecule has 1 amide bonds. The molecule has 98 valence electrons. The van der Waals surface area contributed by atoms with Crippen molar-refractivity contribution in [2.45, 2.75) is 46.0 Å². The standard InChI is InChI=1S/C13H23NO3/c1-10-4-3-6-14(7-5-10)12(15)8-11(2)9-13(16)17/h10-11H,3-9H2,1-2H3,(H,16,17). The number of hydrogen-bond donors (Lipinski definition) is 1. The fourth-order valence-corrected chi connectivity index (χ4v) is 2.31. The first-order valence-corrected chi connectivity index (χ1v) is 6.48. The molecule has 0 radical (unpaired) electrons. The van der Waals surface area contributed by atoms with Crippen molar-refractivity contribution in [3.05, 3.63) is 0 Å². The summed E-state index contributed by atoms with van der Waals surface area (Å²) in [6, 6.07) is 0. The lowest BCUT2D eigenvalue weighted by Gasteiger charge is -2.22. The minimum absolute atomic E-state index is 0.0688. The van der Waals surface area contributed by atoms with Crippen LogP contribution in [0, 0.1) is 11.8 Å². The largest absolute Gasteiger partial charge is 0.481 e. The van der Waals surface area contributed by atoms with Crippen LogP contribution in [-0.4, -0.2) is 35.0 Å². The monoisotopic (exact) mass is 241 g/mol. The van der Waals surface area contributed by atoms with E-state index in [0.717, 1.165) is 25.9 Å². The highest BCUT2D eigenvalue weighted by Gasteiger charge is 2.20. The highest BCUT2D eigenvalue weighted by Crippen LogP contribution is 2.18. The maximum atomic E-state index is 12.0. The molecule has 1 aliphatic rings. The second-order valence-electron chi connectivity index (χ2n) is 5.32. The van der Waals surface area contributed by atoms with E-state index in [1.807, 2.05) is 11.8 Å². The van der Waals surface area contributed by atoms with Crippen molar-refractivity contribution in [1.29, 1.82) is 0 Å². The molecule has 0 spiro atoms. The summed E-state index contributed by atoms with van der Waals surface area (Å²) in [5.74, 6) is -0.0763. The Balaban J connectivity index is 2.38. The van der Waals surface area contributed by atoms with E-state index in [0.29, 0.717) is 12.3 Å². The number of carboxylic acids is 1. The van der Waals surface area contributed by atoms with E-state index in [1.165, 1.54) is 6.42 Å². The summed E-state index contributed by atoms with van der Waals surface area (Å²) in [5, 5.41) is 8.66. The highest BCUT2D eigenvalue weighted by molar-refractivity contribution is 5.77. The van der Waals surface area contributed by atoms with Gasteiger partial charge in [-0.2, -0.15) is 0 Å². The molecule has 0 aromatic rings. The van der Waals surface area contributed by atoms with Gasteiger partial charge in [-0.3, -0.25) is 9.59 Å². The van der Waals surface area contributed by atoms with Crippen LogP contribution in [0.2, 0.25) is 0 Å². The molecule has 0 aromatic heterocycles. The quantitative estimate of drug-likeness (QED) is 0.820. The lowest BCUT2D eigenvalue weighted by molar-refractivity contribution is -0.138. The summed E-state index contributed by atoms with van der Waals surface area (Å²) in [5.41, 5.74) is 0. The molecule has 1 fully saturated rings. The van der Waals surface area contributed by atoms with Crippen LogP contribution in [0.15, 0.2) is 0 Å². The van der Waals surface area contributed by atoms with Crippen LogP contribution in [-0.2, 0) is 9.59 Å². The lowest BCUT2D eigenvalue weighted by atomic mass is 10.0. The van der Waals surface area contributed by atoms with E-state index in [1.54, 1.807) is 0 Å². The second kappa shape index (κ2) is 6.62. The van der Waals surface area contributed by atoms with Gasteiger partial charge in [0.2, 0.25) is 5.91 Å². The SMILES string of the molecule is CC1CCCN(C(=O)CC(C)CC(=O)O)CC1. The Morgan fingerprint density at radius 2 is 2.00 bits per heavy atom. The summed E-state index contributed by atoms with van der Waals surface area (Å²) in [4.78, 5) is 24.4. The number of likely N-dealkylation sites (tertiary alicyclic amines) is 1. The third kappa shape index (κ3) is 5.20. The summed E-state index contributed by atoms with van der Waals surface area (Å²) in [6.07, 6.45) is 3.77. The smallest absolute Gasteiger partial charge is 0.303 e. The third-order valence-electron chi connectivity index (χ3n) is 3.42. The van der Waals surface area contributed by atoms with E-state index in [4.69, 9.17) is 5.11 Å². The zero-order valence-corrected chi connectivity index (χ0v) is 10.8. The number of amides is 1. The summed E-state index contributed by atoms with van der Waals surface area (Å²) < 4.78 is 0. The summed E-state index contributed by atoms with van der Waals surface area (Å²) in [7, 11) is 0. The zero-order valence-electron chi connectivity index (χ0n) is 10.8. The molecule has 2 unspecified atom stereocenters. The molecule has 0 bridgehead atoms. The first kappa shape index (κ1) is 14.0. The van der Waals surface area contributed by atoms with E-state index in [2.05, 4.69) is 6.92 Å². The van der Waals surface area contributed by atoms with Crippen molar-refractivity contribution in [2.75, 3.05) is 13.1 Å². The van der Waals surface area contributed by atoms with Crippen molar-refractivity contribution < 1.29 is 14.7 Å². The third-order valence-corrected chi connectivity index (χ3v) is 3.42. The van der Waals surface area contributed by atoms with Crippen LogP contribution in [0.5, 0.6) is 0 Å². The molecule has 0 saturated carbocycles. The molecule has 4 heteroatoms. The molecule has 2 atom stereocenters. The average Bonchev–Trinajstić information content (AvgIpc) is 2.41. The minimum atomic E-state index is -0.824. The van der Waals surface area contributed by atoms with Gasteiger partial charge in [-0.25, -0.2) is 0 Å². The average molecular weight is 241 g/mol. The molecule has 0 aliphatic carbocycles. The van der Waals surface area contributed by atoms with Gasteiger partial charge in [0.25, 0.3) is 0 Å². The van der Waals surface area contributed by atoms with Gasteiger partial charge in [0.05, 0.1) is 0 Å². The Hall–Kier alpha value is -1.06. The zero-order chi connectivity index (χ0) is 12.8. The van der Waals surface area contributed by atoms with Crippen molar-refractivity contribution in [3.63, 3.8) is 0 Å². The van der Waals surface area contributed by atoms with E-state index in [-0.39, 0.29) is 18.2 Å². The summed E-state index contributed by atoms with van der Waals surface area (Å²) >= 11 is 0. The van der Waals surface area contributed by atoms with Crippen molar-refractivity contribution in [2.24, 2.45) is 11.8 Å². The number of carbonyl (C=O) groups is 2. The second-order valence-corrected chi connectivity index (χ2v) is 5.32. The van der Waals surface area contributed by atoms with E-state index in [9.17, 15) is 9.59 Å². The van der Waals surface area contributed by atoms with Crippen molar-refractivity contribution >= 4 is 11.9 Å². The fourth-order valence-electron chi connectivity index (χ4n) is 2.31. The maximum Gasteiger partial charge on any atom is 0.303 e. The van der Waals surface area contributed by atoms with Crippen LogP contribution in [0.1, 0.15) is 46.0 Å². The van der Waals surface area contributed by atoms with Crippen molar-refractivity contribution in [1.82, 2.24) is 4.90 Å². The maximum absolute atomic E-state index is 12.0. The molecule has 1 aliphatic heterocycles. The van der Waals surface area contributed by atoms with E-state index < -0.39 is 5.97 Å². The predicted molar refractivity (Wildman–Crippen MR) is 65.6 cm³/mol. The Labute approximate surface area is 103 Å². The van der Waals surface area contributed by atoms with Crippen LogP contribution in [0.3, 0.4) is 0 Å². The van der Waals surface area contributed by atoms with E-state index >= 15 is 0 Å². The lowest BCUT2D eigenvalue weighted by Crippen LogP contribution is -2.33. The van der Waals surface area contributed by atoms with Gasteiger partial charge in [0.15, 0.2) is 0 Å². The molecular formula is C13H23NO3. The molecule has 4 nitrogen and oxygen atoms in total. The van der Waals surface area contributed by atoms with Crippen LogP contribution in [0.4, 0.5) is 0 Å². The van der Waals surface area contributed by atoms with Crippen LogP contribution in [0.25, 0.3) is 0 Å². The fraction of sp³-hybridized carbons (Fsp3) is 0.846. The molecule has 1 saturated heterocycles. The van der Waals surface area contributed by atoms with Gasteiger partial charge in [-0.15, -0.1) is 0 Å². The Morgan fingerprint density at radius 1 is 1.29 bits per heavy atom. The number of carboxylic acid groups (broad SMARTS) is 1. The van der Waals surface area contributed by atoms with Gasteiger partial charge >= 0.3 is 5.97 Å². The normalized spacial score (nSPS) is 22.9. The highest BCUT2D eigenvalue weighted by atomic mass is 16.4. The Kier molecular flexibility index (Phi) is 5.45. The number of aliphatic carboxylic acids is 1. The number of nitrogens with zero attached hydrogens (tertiary/aromatic N) is 1. The van der Waals surface area contributed by atoms with Gasteiger partial charge in [0.1, 0.15) is 0 Å². The number of hydrogen-bond acceptors (Lipinski definition) is 2. The van der Waals surface area contributed by atoms with Gasteiger partial charge < -0.3 is 10.0 Å². The van der Waals surface area contributed by atoms with Crippen molar-refractivity contribution in [3.8, 4) is 0 Å². The topological polar surface area (TPSA) is 57.6 Å². The molecule has 1 N–H and O–H groups in total. The van der Waals surface area contributed by atoms with Gasteiger partial charge in [-0.05, 0) is 31.1 Å². The van der Waals surface area contributed by atoms with Gasteiger partial charge in [-0.1, -0.05) is 13.8 Å². The minimum Gasteiger partial charge on any atom is -0.481 e. The van der Waals surface area contributed by atoms with Crippen LogP contribution >= 0.6 is 0 Å². The van der Waals surface area contributed by atoms with Gasteiger partial charge in [0, 0.05) is 25.9 Å².